The first-order valence-corrected chi connectivity index (χ1v) is 10.4. The Morgan fingerprint density at radius 2 is 2.03 bits per heavy atom. The number of nitro benzene ring substituents is 1. The van der Waals surface area contributed by atoms with Gasteiger partial charge in [-0.15, -0.1) is 0 Å². The Labute approximate surface area is 194 Å². The van der Waals surface area contributed by atoms with Crippen molar-refractivity contribution in [3.05, 3.63) is 87.3 Å². The third-order valence-electron chi connectivity index (χ3n) is 5.20. The van der Waals surface area contributed by atoms with Crippen LogP contribution in [0, 0.1) is 10.1 Å². The van der Waals surface area contributed by atoms with Crippen LogP contribution in [0.3, 0.4) is 0 Å². The lowest BCUT2D eigenvalue weighted by atomic mass is 10.0. The Hall–Kier alpha value is -3.85. The summed E-state index contributed by atoms with van der Waals surface area (Å²) in [6, 6.07) is 14.4. The minimum absolute atomic E-state index is 0.0442. The number of methoxy groups -OCH3 is 1. The maximum absolute atomic E-state index is 13.3. The third-order valence-corrected chi connectivity index (χ3v) is 5.45. The average Bonchev–Trinajstić information content (AvgIpc) is 3.49. The van der Waals surface area contributed by atoms with Crippen molar-refractivity contribution in [2.45, 2.75) is 25.5 Å². The second kappa shape index (κ2) is 9.33. The molecule has 0 fully saturated rings. The van der Waals surface area contributed by atoms with Gasteiger partial charge in [0.1, 0.15) is 17.6 Å². The summed E-state index contributed by atoms with van der Waals surface area (Å²) in [5.41, 5.74) is 1.21. The van der Waals surface area contributed by atoms with Gasteiger partial charge < -0.3 is 13.9 Å². The number of benzene rings is 2. The van der Waals surface area contributed by atoms with Crippen LogP contribution in [-0.4, -0.2) is 34.8 Å². The average molecular weight is 470 g/mol. The van der Waals surface area contributed by atoms with Crippen LogP contribution >= 0.6 is 11.6 Å². The molecular weight excluding hydrogens is 450 g/mol. The lowest BCUT2D eigenvalue weighted by Crippen LogP contribution is -2.37. The quantitative estimate of drug-likeness (QED) is 0.356. The van der Waals surface area contributed by atoms with E-state index in [0.717, 1.165) is 5.56 Å². The molecule has 0 aliphatic carbocycles. The number of halogens is 1. The summed E-state index contributed by atoms with van der Waals surface area (Å²) in [4.78, 5) is 24.2. The number of furan rings is 1. The SMILES string of the molecule is COc1ccc(OC(C)C(=O)N2N=C(c3ccc(Cl)cc3)CC2c2ccco2)c([N+](=O)[O-])c1. The number of carbonyl (C=O) groups is 1. The van der Waals surface area contributed by atoms with E-state index >= 15 is 0 Å². The van der Waals surface area contributed by atoms with Gasteiger partial charge in [0.2, 0.25) is 0 Å². The van der Waals surface area contributed by atoms with E-state index in [1.54, 1.807) is 24.3 Å². The standard InChI is InChI=1S/C23H20ClN3O6/c1-14(33-22-10-9-17(31-2)12-20(22)27(29)30)23(28)26-19(21-4-3-11-32-21)13-18(25-26)15-5-7-16(24)8-6-15/h3-12,14,19H,13H2,1-2H3. The van der Waals surface area contributed by atoms with E-state index in [0.29, 0.717) is 28.7 Å². The topological polar surface area (TPSA) is 107 Å². The molecule has 2 heterocycles. The minimum Gasteiger partial charge on any atom is -0.496 e. The number of nitro groups is 1. The van der Waals surface area contributed by atoms with Crippen molar-refractivity contribution >= 4 is 28.9 Å². The number of amides is 1. The lowest BCUT2D eigenvalue weighted by Gasteiger charge is -2.23. The monoisotopic (exact) mass is 469 g/mol. The first-order valence-electron chi connectivity index (χ1n) is 10.1. The van der Waals surface area contributed by atoms with Gasteiger partial charge in [-0.3, -0.25) is 14.9 Å². The molecule has 2 unspecified atom stereocenters. The molecule has 9 nitrogen and oxygen atoms in total. The Morgan fingerprint density at radius 1 is 1.27 bits per heavy atom. The predicted octanol–water partition coefficient (Wildman–Crippen LogP) is 5.00. The van der Waals surface area contributed by atoms with Gasteiger partial charge in [-0.1, -0.05) is 23.7 Å². The van der Waals surface area contributed by atoms with E-state index in [1.807, 2.05) is 12.1 Å². The van der Waals surface area contributed by atoms with Gasteiger partial charge >= 0.3 is 5.69 Å². The number of rotatable bonds is 7. The smallest absolute Gasteiger partial charge is 0.314 e. The lowest BCUT2D eigenvalue weighted by molar-refractivity contribution is -0.386. The van der Waals surface area contributed by atoms with E-state index in [2.05, 4.69) is 5.10 Å². The third kappa shape index (κ3) is 4.68. The van der Waals surface area contributed by atoms with Crippen molar-refractivity contribution in [1.82, 2.24) is 5.01 Å². The molecule has 1 aromatic heterocycles. The summed E-state index contributed by atoms with van der Waals surface area (Å²) >= 11 is 5.99. The van der Waals surface area contributed by atoms with Crippen LogP contribution in [0.15, 0.2) is 70.4 Å². The fourth-order valence-electron chi connectivity index (χ4n) is 3.53. The van der Waals surface area contributed by atoms with E-state index in [-0.39, 0.29) is 11.4 Å². The highest BCUT2D eigenvalue weighted by molar-refractivity contribution is 6.30. The number of hydrazone groups is 1. The van der Waals surface area contributed by atoms with Crippen LogP contribution in [0.1, 0.15) is 30.7 Å². The Morgan fingerprint density at radius 3 is 2.67 bits per heavy atom. The molecule has 3 aromatic rings. The van der Waals surface area contributed by atoms with Crippen LogP contribution in [0.25, 0.3) is 0 Å². The van der Waals surface area contributed by atoms with Crippen molar-refractivity contribution in [1.29, 1.82) is 0 Å². The summed E-state index contributed by atoms with van der Waals surface area (Å²) in [7, 11) is 1.41. The van der Waals surface area contributed by atoms with Crippen molar-refractivity contribution in [3.8, 4) is 11.5 Å². The summed E-state index contributed by atoms with van der Waals surface area (Å²) in [5.74, 6) is 0.365. The van der Waals surface area contributed by atoms with Crippen molar-refractivity contribution in [3.63, 3.8) is 0 Å². The fraction of sp³-hybridized carbons (Fsp3) is 0.217. The highest BCUT2D eigenvalue weighted by atomic mass is 35.5. The van der Waals surface area contributed by atoms with E-state index in [4.69, 9.17) is 25.5 Å². The maximum Gasteiger partial charge on any atom is 0.314 e. The van der Waals surface area contributed by atoms with Crippen LogP contribution in [-0.2, 0) is 4.79 Å². The molecule has 0 N–H and O–H groups in total. The molecule has 33 heavy (non-hydrogen) atoms. The largest absolute Gasteiger partial charge is 0.496 e. The molecule has 1 aliphatic heterocycles. The van der Waals surface area contributed by atoms with Gasteiger partial charge in [-0.25, -0.2) is 5.01 Å². The molecule has 2 aromatic carbocycles. The molecule has 4 rings (SSSR count). The zero-order valence-corrected chi connectivity index (χ0v) is 18.6. The summed E-state index contributed by atoms with van der Waals surface area (Å²) in [6.45, 7) is 1.52. The molecule has 1 aliphatic rings. The first kappa shape index (κ1) is 22.3. The Bertz CT molecular complexity index is 1190. The summed E-state index contributed by atoms with van der Waals surface area (Å²) in [6.07, 6.45) is 0.901. The van der Waals surface area contributed by atoms with Crippen molar-refractivity contribution < 1.29 is 23.6 Å². The zero-order valence-electron chi connectivity index (χ0n) is 17.8. The molecular formula is C23H20ClN3O6. The second-order valence-electron chi connectivity index (χ2n) is 7.32. The van der Waals surface area contributed by atoms with Gasteiger partial charge in [0, 0.05) is 11.4 Å². The molecule has 10 heteroatoms. The van der Waals surface area contributed by atoms with Gasteiger partial charge in [0.25, 0.3) is 5.91 Å². The van der Waals surface area contributed by atoms with Gasteiger partial charge in [-0.05, 0) is 48.9 Å². The van der Waals surface area contributed by atoms with Gasteiger partial charge in [0.15, 0.2) is 11.9 Å². The first-order chi connectivity index (χ1) is 15.9. The Kier molecular flexibility index (Phi) is 6.32. The van der Waals surface area contributed by atoms with E-state index < -0.39 is 23.0 Å². The molecule has 0 saturated heterocycles. The molecule has 170 valence electrons. The van der Waals surface area contributed by atoms with E-state index in [9.17, 15) is 14.9 Å². The van der Waals surface area contributed by atoms with Crippen LogP contribution in [0.2, 0.25) is 5.02 Å². The molecule has 2 atom stereocenters. The highest BCUT2D eigenvalue weighted by Crippen LogP contribution is 2.35. The normalized spacial score (nSPS) is 16.3. The van der Waals surface area contributed by atoms with Crippen LogP contribution in [0.5, 0.6) is 11.5 Å². The Balaban J connectivity index is 1.61. The number of nitrogens with zero attached hydrogens (tertiary/aromatic N) is 3. The molecule has 0 radical (unpaired) electrons. The number of hydrogen-bond acceptors (Lipinski definition) is 7. The van der Waals surface area contributed by atoms with Gasteiger partial charge in [0.05, 0.1) is 30.1 Å². The maximum atomic E-state index is 13.3. The van der Waals surface area contributed by atoms with Crippen LogP contribution in [0.4, 0.5) is 5.69 Å². The minimum atomic E-state index is -1.05. The molecule has 0 spiro atoms. The predicted molar refractivity (Wildman–Crippen MR) is 121 cm³/mol. The highest BCUT2D eigenvalue weighted by Gasteiger charge is 2.38. The molecule has 0 bridgehead atoms. The summed E-state index contributed by atoms with van der Waals surface area (Å²) in [5, 5.41) is 17.9. The van der Waals surface area contributed by atoms with Crippen LogP contribution < -0.4 is 9.47 Å². The second-order valence-corrected chi connectivity index (χ2v) is 7.76. The summed E-state index contributed by atoms with van der Waals surface area (Å²) < 4.78 is 16.3. The van der Waals surface area contributed by atoms with Gasteiger partial charge in [-0.2, -0.15) is 5.10 Å². The van der Waals surface area contributed by atoms with Crippen molar-refractivity contribution in [2.24, 2.45) is 5.10 Å². The number of hydrogen-bond donors (Lipinski definition) is 0. The number of carbonyl (C=O) groups excluding carboxylic acids is 1. The van der Waals surface area contributed by atoms with E-state index in [1.165, 1.54) is 43.5 Å². The van der Waals surface area contributed by atoms with Crippen molar-refractivity contribution in [2.75, 3.05) is 7.11 Å². The number of ether oxygens (including phenoxy) is 2. The fourth-order valence-corrected chi connectivity index (χ4v) is 3.65. The molecule has 0 saturated carbocycles. The molecule has 1 amide bonds. The zero-order chi connectivity index (χ0) is 23.5.